The molecule has 21 heavy (non-hydrogen) atoms. The molecule has 0 radical (unpaired) electrons. The lowest BCUT2D eigenvalue weighted by atomic mass is 10.1. The number of fused-ring (bicyclic) bond motifs is 1. The van der Waals surface area contributed by atoms with Gasteiger partial charge in [-0.1, -0.05) is 35.3 Å². The molecule has 0 saturated heterocycles. The molecule has 0 aliphatic carbocycles. The molecule has 3 aromatic rings. The van der Waals surface area contributed by atoms with Gasteiger partial charge in [-0.2, -0.15) is 0 Å². The predicted molar refractivity (Wildman–Crippen MR) is 88.2 cm³/mol. The summed E-state index contributed by atoms with van der Waals surface area (Å²) in [6.07, 6.45) is 2.45. The Labute approximate surface area is 132 Å². The summed E-state index contributed by atoms with van der Waals surface area (Å²) < 4.78 is 0. The summed E-state index contributed by atoms with van der Waals surface area (Å²) >= 11 is 11.9. The Morgan fingerprint density at radius 2 is 1.67 bits per heavy atom. The highest BCUT2D eigenvalue weighted by atomic mass is 35.5. The van der Waals surface area contributed by atoms with E-state index in [1.165, 1.54) is 5.56 Å². The first-order valence-electron chi connectivity index (χ1n) is 6.61. The van der Waals surface area contributed by atoms with Crippen molar-refractivity contribution in [1.29, 1.82) is 0 Å². The zero-order valence-corrected chi connectivity index (χ0v) is 12.7. The second kappa shape index (κ2) is 6.29. The number of nitrogens with one attached hydrogen (secondary N) is 1. The maximum atomic E-state index is 6.04. The van der Waals surface area contributed by atoms with Crippen LogP contribution in [0, 0.1) is 0 Å². The van der Waals surface area contributed by atoms with Gasteiger partial charge in [0.25, 0.3) is 0 Å². The molecule has 0 spiro atoms. The van der Waals surface area contributed by atoms with E-state index in [0.29, 0.717) is 5.02 Å². The first kappa shape index (κ1) is 14.1. The highest BCUT2D eigenvalue weighted by Crippen LogP contribution is 2.22. The van der Waals surface area contributed by atoms with E-state index in [9.17, 15) is 0 Å². The van der Waals surface area contributed by atoms with Crippen molar-refractivity contribution in [3.8, 4) is 0 Å². The molecule has 0 amide bonds. The third-order valence-electron chi connectivity index (χ3n) is 3.22. The van der Waals surface area contributed by atoms with E-state index in [1.54, 1.807) is 6.33 Å². The first-order valence-corrected chi connectivity index (χ1v) is 7.36. The van der Waals surface area contributed by atoms with E-state index in [2.05, 4.69) is 15.3 Å². The fourth-order valence-corrected chi connectivity index (χ4v) is 2.44. The van der Waals surface area contributed by atoms with Crippen molar-refractivity contribution < 1.29 is 0 Å². The van der Waals surface area contributed by atoms with Crippen molar-refractivity contribution in [2.45, 2.75) is 6.42 Å². The van der Waals surface area contributed by atoms with Gasteiger partial charge in [0.15, 0.2) is 0 Å². The number of benzene rings is 2. The zero-order chi connectivity index (χ0) is 14.7. The molecule has 3 nitrogen and oxygen atoms in total. The van der Waals surface area contributed by atoms with Crippen LogP contribution in [-0.4, -0.2) is 16.5 Å². The largest absolute Gasteiger partial charge is 0.369 e. The van der Waals surface area contributed by atoms with E-state index in [-0.39, 0.29) is 0 Å². The average Bonchev–Trinajstić information content (AvgIpc) is 2.50. The third kappa shape index (κ3) is 3.43. The van der Waals surface area contributed by atoms with Crippen LogP contribution in [0.3, 0.4) is 0 Å². The molecule has 5 heteroatoms. The number of nitrogens with zero attached hydrogens (tertiary/aromatic N) is 2. The van der Waals surface area contributed by atoms with Gasteiger partial charge >= 0.3 is 0 Å². The number of halogens is 2. The maximum absolute atomic E-state index is 6.04. The number of rotatable bonds is 4. The molecule has 0 atom stereocenters. The molecule has 2 aromatic carbocycles. The van der Waals surface area contributed by atoms with Crippen molar-refractivity contribution >= 4 is 39.9 Å². The summed E-state index contributed by atoms with van der Waals surface area (Å²) in [7, 11) is 0. The number of hydrogen-bond donors (Lipinski definition) is 1. The molecule has 0 fully saturated rings. The van der Waals surface area contributed by atoms with Crippen molar-refractivity contribution in [3.05, 3.63) is 64.4 Å². The standard InChI is InChI=1S/C16H13Cl2N3/c17-12-3-1-11(2-4-12)7-8-19-16-14-9-13(18)5-6-15(14)20-10-21-16/h1-6,9-10H,7-8H2,(H,19,20,21). The monoisotopic (exact) mass is 317 g/mol. The summed E-state index contributed by atoms with van der Waals surface area (Å²) in [6, 6.07) is 13.4. The Morgan fingerprint density at radius 1 is 0.905 bits per heavy atom. The van der Waals surface area contributed by atoms with E-state index in [4.69, 9.17) is 23.2 Å². The Hall–Kier alpha value is -1.84. The van der Waals surface area contributed by atoms with Crippen LogP contribution >= 0.6 is 23.2 Å². The molecule has 0 unspecified atom stereocenters. The quantitative estimate of drug-likeness (QED) is 0.764. The highest BCUT2D eigenvalue weighted by molar-refractivity contribution is 6.31. The summed E-state index contributed by atoms with van der Waals surface area (Å²) in [4.78, 5) is 8.53. The number of hydrogen-bond acceptors (Lipinski definition) is 3. The van der Waals surface area contributed by atoms with E-state index in [1.807, 2.05) is 42.5 Å². The van der Waals surface area contributed by atoms with Crippen molar-refractivity contribution in [1.82, 2.24) is 9.97 Å². The summed E-state index contributed by atoms with van der Waals surface area (Å²) in [5.41, 5.74) is 2.10. The van der Waals surface area contributed by atoms with Gasteiger partial charge in [0.2, 0.25) is 0 Å². The molecular weight excluding hydrogens is 305 g/mol. The molecule has 0 aliphatic heterocycles. The smallest absolute Gasteiger partial charge is 0.137 e. The van der Waals surface area contributed by atoms with E-state index >= 15 is 0 Å². The van der Waals surface area contributed by atoms with Crippen molar-refractivity contribution in [2.75, 3.05) is 11.9 Å². The van der Waals surface area contributed by atoms with Gasteiger partial charge in [0.1, 0.15) is 12.1 Å². The third-order valence-corrected chi connectivity index (χ3v) is 3.70. The average molecular weight is 318 g/mol. The fraction of sp³-hybridized carbons (Fsp3) is 0.125. The normalized spacial score (nSPS) is 10.8. The first-order chi connectivity index (χ1) is 10.2. The zero-order valence-electron chi connectivity index (χ0n) is 11.2. The van der Waals surface area contributed by atoms with E-state index < -0.39 is 0 Å². The molecule has 1 aromatic heterocycles. The molecule has 1 heterocycles. The summed E-state index contributed by atoms with van der Waals surface area (Å²) in [6.45, 7) is 0.778. The van der Waals surface area contributed by atoms with Gasteiger partial charge in [0, 0.05) is 22.0 Å². The maximum Gasteiger partial charge on any atom is 0.137 e. The minimum atomic E-state index is 0.679. The van der Waals surface area contributed by atoms with Crippen LogP contribution in [0.15, 0.2) is 48.8 Å². The summed E-state index contributed by atoms with van der Waals surface area (Å²) in [5.74, 6) is 0.802. The molecule has 0 saturated carbocycles. The molecular formula is C16H13Cl2N3. The predicted octanol–water partition coefficient (Wildman–Crippen LogP) is 4.59. The second-order valence-corrected chi connectivity index (χ2v) is 5.56. The number of anilines is 1. The Kier molecular flexibility index (Phi) is 4.23. The minimum Gasteiger partial charge on any atom is -0.369 e. The van der Waals surface area contributed by atoms with Gasteiger partial charge in [-0.3, -0.25) is 0 Å². The lowest BCUT2D eigenvalue weighted by Crippen LogP contribution is -2.07. The lowest BCUT2D eigenvalue weighted by molar-refractivity contribution is 1.01. The Balaban J connectivity index is 1.73. The van der Waals surface area contributed by atoms with Crippen LogP contribution in [0.5, 0.6) is 0 Å². The number of aromatic nitrogens is 2. The fourth-order valence-electron chi connectivity index (χ4n) is 2.15. The van der Waals surface area contributed by atoms with Crippen molar-refractivity contribution in [3.63, 3.8) is 0 Å². The van der Waals surface area contributed by atoms with Crippen LogP contribution in [-0.2, 0) is 6.42 Å². The van der Waals surface area contributed by atoms with Crippen LogP contribution in [0.2, 0.25) is 10.0 Å². The molecule has 0 aliphatic rings. The molecule has 0 bridgehead atoms. The molecule has 106 valence electrons. The van der Waals surface area contributed by atoms with E-state index in [0.717, 1.165) is 34.7 Å². The minimum absolute atomic E-state index is 0.679. The van der Waals surface area contributed by atoms with Gasteiger partial charge in [0.05, 0.1) is 5.52 Å². The van der Waals surface area contributed by atoms with Crippen LogP contribution in [0.25, 0.3) is 10.9 Å². The van der Waals surface area contributed by atoms with Crippen LogP contribution in [0.1, 0.15) is 5.56 Å². The lowest BCUT2D eigenvalue weighted by Gasteiger charge is -2.08. The second-order valence-electron chi connectivity index (χ2n) is 4.69. The highest BCUT2D eigenvalue weighted by Gasteiger charge is 2.04. The molecule has 3 rings (SSSR count). The van der Waals surface area contributed by atoms with Gasteiger partial charge in [-0.15, -0.1) is 0 Å². The Morgan fingerprint density at radius 3 is 2.48 bits per heavy atom. The SMILES string of the molecule is Clc1ccc(CCNc2ncnc3ccc(Cl)cc23)cc1. The van der Waals surface area contributed by atoms with Gasteiger partial charge < -0.3 is 5.32 Å². The van der Waals surface area contributed by atoms with Crippen molar-refractivity contribution in [2.24, 2.45) is 0 Å². The van der Waals surface area contributed by atoms with Gasteiger partial charge in [-0.25, -0.2) is 9.97 Å². The van der Waals surface area contributed by atoms with Gasteiger partial charge in [-0.05, 0) is 42.3 Å². The molecule has 1 N–H and O–H groups in total. The van der Waals surface area contributed by atoms with Crippen LogP contribution < -0.4 is 5.32 Å². The van der Waals surface area contributed by atoms with Crippen LogP contribution in [0.4, 0.5) is 5.82 Å². The summed E-state index contributed by atoms with van der Waals surface area (Å²) in [5, 5.41) is 5.70. The Bertz CT molecular complexity index is 757. The topological polar surface area (TPSA) is 37.8 Å².